The number of rotatable bonds is 3. The zero-order valence-corrected chi connectivity index (χ0v) is 11.2. The van der Waals surface area contributed by atoms with Gasteiger partial charge < -0.3 is 0 Å². The molecule has 0 bridgehead atoms. The van der Waals surface area contributed by atoms with Crippen molar-refractivity contribution in [2.45, 2.75) is 6.42 Å². The minimum Gasteiger partial charge on any atom is -0.206 e. The summed E-state index contributed by atoms with van der Waals surface area (Å²) in [6.07, 6.45) is 0.903. The molecule has 94 valence electrons. The minimum absolute atomic E-state index is 0.157. The lowest BCUT2D eigenvalue weighted by Crippen LogP contribution is -1.82. The van der Waals surface area contributed by atoms with Crippen LogP contribution in [-0.4, -0.2) is 0 Å². The van der Waals surface area contributed by atoms with Crippen molar-refractivity contribution in [2.75, 3.05) is 0 Å². The normalized spacial score (nSPS) is 10.6. The van der Waals surface area contributed by atoms with Gasteiger partial charge in [0.05, 0.1) is 0 Å². The molecule has 0 aliphatic rings. The van der Waals surface area contributed by atoms with Gasteiger partial charge in [0.1, 0.15) is 5.82 Å². The van der Waals surface area contributed by atoms with Gasteiger partial charge in [-0.05, 0) is 23.8 Å². The SMILES string of the molecule is Fc1ccccc1-c1ccc(Cc2ccccc2)s1. The minimum atomic E-state index is -0.157. The van der Waals surface area contributed by atoms with Crippen LogP contribution in [0.5, 0.6) is 0 Å². The van der Waals surface area contributed by atoms with Gasteiger partial charge in [0.15, 0.2) is 0 Å². The number of hydrogen-bond acceptors (Lipinski definition) is 1. The Bertz CT molecular complexity index is 670. The molecule has 3 rings (SSSR count). The lowest BCUT2D eigenvalue weighted by molar-refractivity contribution is 0.631. The van der Waals surface area contributed by atoms with Crippen molar-refractivity contribution in [3.05, 3.63) is 83.0 Å². The van der Waals surface area contributed by atoms with Crippen molar-refractivity contribution in [2.24, 2.45) is 0 Å². The third kappa shape index (κ3) is 2.74. The Balaban J connectivity index is 1.86. The van der Waals surface area contributed by atoms with E-state index in [1.54, 1.807) is 17.4 Å². The largest absolute Gasteiger partial charge is 0.206 e. The first kappa shape index (κ1) is 12.1. The summed E-state index contributed by atoms with van der Waals surface area (Å²) in [5.74, 6) is -0.157. The third-order valence-electron chi connectivity index (χ3n) is 3.02. The van der Waals surface area contributed by atoms with Crippen molar-refractivity contribution >= 4 is 11.3 Å². The fourth-order valence-corrected chi connectivity index (χ4v) is 3.14. The van der Waals surface area contributed by atoms with E-state index in [1.165, 1.54) is 16.5 Å². The molecule has 2 aromatic carbocycles. The molecule has 0 spiro atoms. The highest BCUT2D eigenvalue weighted by Crippen LogP contribution is 2.30. The molecule has 0 atom stereocenters. The Labute approximate surface area is 116 Å². The predicted molar refractivity (Wildman–Crippen MR) is 79.0 cm³/mol. The van der Waals surface area contributed by atoms with Crippen LogP contribution in [0.25, 0.3) is 10.4 Å². The van der Waals surface area contributed by atoms with Gasteiger partial charge in [-0.15, -0.1) is 11.3 Å². The molecule has 0 amide bonds. The van der Waals surface area contributed by atoms with E-state index in [1.807, 2.05) is 36.4 Å². The molecule has 0 fully saturated rings. The third-order valence-corrected chi connectivity index (χ3v) is 4.14. The second-order valence-corrected chi connectivity index (χ2v) is 5.58. The molecular weight excluding hydrogens is 255 g/mol. The van der Waals surface area contributed by atoms with E-state index in [9.17, 15) is 4.39 Å². The molecule has 3 aromatic rings. The Morgan fingerprint density at radius 2 is 1.53 bits per heavy atom. The molecule has 0 unspecified atom stereocenters. The average molecular weight is 268 g/mol. The molecule has 0 saturated heterocycles. The summed E-state index contributed by atoms with van der Waals surface area (Å²) < 4.78 is 13.7. The fraction of sp³-hybridized carbons (Fsp3) is 0.0588. The van der Waals surface area contributed by atoms with Crippen molar-refractivity contribution in [1.82, 2.24) is 0 Å². The average Bonchev–Trinajstić information content (AvgIpc) is 2.89. The summed E-state index contributed by atoms with van der Waals surface area (Å²) in [4.78, 5) is 2.24. The maximum Gasteiger partial charge on any atom is 0.131 e. The van der Waals surface area contributed by atoms with Gasteiger partial charge >= 0.3 is 0 Å². The smallest absolute Gasteiger partial charge is 0.131 e. The van der Waals surface area contributed by atoms with Crippen LogP contribution in [0.3, 0.4) is 0 Å². The second-order valence-electron chi connectivity index (χ2n) is 4.41. The van der Waals surface area contributed by atoms with Crippen LogP contribution in [0.4, 0.5) is 4.39 Å². The molecule has 19 heavy (non-hydrogen) atoms. The van der Waals surface area contributed by atoms with Gasteiger partial charge in [0.2, 0.25) is 0 Å². The highest BCUT2D eigenvalue weighted by molar-refractivity contribution is 7.15. The van der Waals surface area contributed by atoms with Crippen molar-refractivity contribution in [1.29, 1.82) is 0 Å². The topological polar surface area (TPSA) is 0 Å². The Kier molecular flexibility index (Phi) is 3.43. The first-order valence-electron chi connectivity index (χ1n) is 6.20. The van der Waals surface area contributed by atoms with Gasteiger partial charge in [-0.25, -0.2) is 4.39 Å². The van der Waals surface area contributed by atoms with Crippen molar-refractivity contribution in [3.8, 4) is 10.4 Å². The van der Waals surface area contributed by atoms with Crippen LogP contribution in [0, 0.1) is 5.82 Å². The zero-order chi connectivity index (χ0) is 13.1. The highest BCUT2D eigenvalue weighted by Gasteiger charge is 2.07. The summed E-state index contributed by atoms with van der Waals surface area (Å²) in [7, 11) is 0. The molecule has 2 heteroatoms. The molecule has 1 aromatic heterocycles. The monoisotopic (exact) mass is 268 g/mol. The number of hydrogen-bond donors (Lipinski definition) is 0. The lowest BCUT2D eigenvalue weighted by atomic mass is 10.1. The van der Waals surface area contributed by atoms with Gasteiger partial charge in [-0.1, -0.05) is 48.5 Å². The summed E-state index contributed by atoms with van der Waals surface area (Å²) in [6, 6.07) is 21.3. The Hall–Kier alpha value is -1.93. The Morgan fingerprint density at radius 1 is 0.789 bits per heavy atom. The van der Waals surface area contributed by atoms with E-state index in [4.69, 9.17) is 0 Å². The first-order chi connectivity index (χ1) is 9.33. The fourth-order valence-electron chi connectivity index (χ4n) is 2.08. The standard InChI is InChI=1S/C17H13FS/c18-16-9-5-4-8-15(16)17-11-10-14(19-17)12-13-6-2-1-3-7-13/h1-11H,12H2. The van der Waals surface area contributed by atoms with Crippen molar-refractivity contribution < 1.29 is 4.39 Å². The van der Waals surface area contributed by atoms with Crippen LogP contribution < -0.4 is 0 Å². The molecule has 1 heterocycles. The molecule has 0 nitrogen and oxygen atoms in total. The molecule has 0 radical (unpaired) electrons. The van der Waals surface area contributed by atoms with Crippen molar-refractivity contribution in [3.63, 3.8) is 0 Å². The number of halogens is 1. The second kappa shape index (κ2) is 5.37. The van der Waals surface area contributed by atoms with E-state index >= 15 is 0 Å². The first-order valence-corrected chi connectivity index (χ1v) is 7.02. The van der Waals surface area contributed by atoms with E-state index in [0.717, 1.165) is 11.3 Å². The quantitative estimate of drug-likeness (QED) is 0.616. The molecule has 0 saturated carbocycles. The zero-order valence-electron chi connectivity index (χ0n) is 10.3. The molecule has 0 N–H and O–H groups in total. The maximum absolute atomic E-state index is 13.7. The molecule has 0 aliphatic heterocycles. The lowest BCUT2D eigenvalue weighted by Gasteiger charge is -1.99. The maximum atomic E-state index is 13.7. The summed E-state index contributed by atoms with van der Waals surface area (Å²) in [6.45, 7) is 0. The van der Waals surface area contributed by atoms with Crippen LogP contribution in [0.1, 0.15) is 10.4 Å². The van der Waals surface area contributed by atoms with Crippen LogP contribution in [0.2, 0.25) is 0 Å². The summed E-state index contributed by atoms with van der Waals surface area (Å²) in [5.41, 5.74) is 1.97. The molecule has 0 aliphatic carbocycles. The van der Waals surface area contributed by atoms with E-state index in [-0.39, 0.29) is 5.82 Å². The summed E-state index contributed by atoms with van der Waals surface area (Å²) in [5, 5.41) is 0. The van der Waals surface area contributed by atoms with E-state index in [0.29, 0.717) is 5.56 Å². The predicted octanol–water partition coefficient (Wildman–Crippen LogP) is 5.15. The molecular formula is C17H13FS. The van der Waals surface area contributed by atoms with Gasteiger partial charge in [0, 0.05) is 21.7 Å². The van der Waals surface area contributed by atoms with Crippen LogP contribution in [0.15, 0.2) is 66.7 Å². The van der Waals surface area contributed by atoms with Gasteiger partial charge in [-0.2, -0.15) is 0 Å². The summed E-state index contributed by atoms with van der Waals surface area (Å²) >= 11 is 1.65. The Morgan fingerprint density at radius 3 is 2.32 bits per heavy atom. The van der Waals surface area contributed by atoms with E-state index in [2.05, 4.69) is 18.2 Å². The number of thiophene rings is 1. The van der Waals surface area contributed by atoms with E-state index < -0.39 is 0 Å². The van der Waals surface area contributed by atoms with Crippen LogP contribution in [-0.2, 0) is 6.42 Å². The van der Waals surface area contributed by atoms with Gasteiger partial charge in [0.25, 0.3) is 0 Å². The van der Waals surface area contributed by atoms with Crippen LogP contribution >= 0.6 is 11.3 Å². The highest BCUT2D eigenvalue weighted by atomic mass is 32.1. The van der Waals surface area contributed by atoms with Gasteiger partial charge in [-0.3, -0.25) is 0 Å². The number of benzene rings is 2.